The van der Waals surface area contributed by atoms with Crippen LogP contribution in [0.15, 0.2) is 0 Å². The van der Waals surface area contributed by atoms with Crippen LogP contribution < -0.4 is 0 Å². The van der Waals surface area contributed by atoms with Gasteiger partial charge in [0.15, 0.2) is 0 Å². The Labute approximate surface area is 87.9 Å². The fraction of sp³-hybridized carbons (Fsp3) is 0. The van der Waals surface area contributed by atoms with Gasteiger partial charge in [0.05, 0.1) is 0 Å². The second-order valence-electron chi connectivity index (χ2n) is 0.896. The van der Waals surface area contributed by atoms with Crippen molar-refractivity contribution in [3.63, 3.8) is 0 Å². The van der Waals surface area contributed by atoms with E-state index in [-0.39, 0.29) is 29.6 Å². The van der Waals surface area contributed by atoms with E-state index in [1.165, 1.54) is 0 Å². The minimum atomic E-state index is -5.25. The molecule has 11 heavy (non-hydrogen) atoms. The third kappa shape index (κ3) is 754. The summed E-state index contributed by atoms with van der Waals surface area (Å²) in [6.45, 7) is 0. The Kier molecular flexibility index (Phi) is 10.8. The molecule has 0 aliphatic rings. The van der Waals surface area contributed by atoms with E-state index >= 15 is 0 Å². The predicted molar refractivity (Wildman–Crippen MR) is 18.8 cm³/mol. The van der Waals surface area contributed by atoms with E-state index in [0.29, 0.717) is 0 Å². The minimum absolute atomic E-state index is 0. The molecule has 0 radical (unpaired) electrons. The number of hydrogen-bond acceptors (Lipinski definition) is 4. The third-order valence-electron chi connectivity index (χ3n) is 0. The first-order valence-electron chi connectivity index (χ1n) is 1.40. The van der Waals surface area contributed by atoms with Crippen LogP contribution in [0.5, 0.6) is 0 Å². The molecular formula is H5Cr2NaO8. The maximum absolute atomic E-state index is 8.82. The molecule has 0 amide bonds. The molecule has 8 nitrogen and oxygen atoms in total. The first-order chi connectivity index (χ1) is 4.00. The molecule has 0 aromatic rings. The summed E-state index contributed by atoms with van der Waals surface area (Å²) >= 11 is -10.5. The summed E-state index contributed by atoms with van der Waals surface area (Å²) in [5.74, 6) is 0. The van der Waals surface area contributed by atoms with Gasteiger partial charge in [-0.3, -0.25) is 0 Å². The summed E-state index contributed by atoms with van der Waals surface area (Å²) < 4.78 is 63.8. The molecule has 0 aliphatic carbocycles. The Bertz CT molecular complexity index is 208. The van der Waals surface area contributed by atoms with Crippen molar-refractivity contribution in [1.82, 2.24) is 0 Å². The predicted octanol–water partition coefficient (Wildman–Crippen LogP) is -3.36. The Hall–Kier alpha value is 1.10. The van der Waals surface area contributed by atoms with Crippen molar-refractivity contribution < 1.29 is 59.1 Å². The van der Waals surface area contributed by atoms with Crippen molar-refractivity contribution in [3.8, 4) is 0 Å². The van der Waals surface area contributed by atoms with Crippen molar-refractivity contribution in [3.05, 3.63) is 0 Å². The summed E-state index contributed by atoms with van der Waals surface area (Å²) in [6.07, 6.45) is 0. The maximum atomic E-state index is 8.82. The molecule has 0 aliphatic heterocycles. The fourth-order valence-electron chi connectivity index (χ4n) is 0. The quantitative estimate of drug-likeness (QED) is 0.330. The summed E-state index contributed by atoms with van der Waals surface area (Å²) in [7, 11) is 0. The molecule has 0 saturated heterocycles. The van der Waals surface area contributed by atoms with Gasteiger partial charge in [-0.05, 0) is 0 Å². The first-order valence-corrected chi connectivity index (χ1v) is 5.76. The third-order valence-corrected chi connectivity index (χ3v) is 0. The Morgan fingerprint density at radius 2 is 0.636 bits per heavy atom. The Morgan fingerprint density at radius 1 is 0.636 bits per heavy atom. The van der Waals surface area contributed by atoms with Crippen LogP contribution in [0.25, 0.3) is 0 Å². The zero-order valence-electron chi connectivity index (χ0n) is 4.24. The normalized spacial score (nSPS) is 10.5. The van der Waals surface area contributed by atoms with Crippen molar-refractivity contribution in [1.29, 1.82) is 0 Å². The van der Waals surface area contributed by atoms with E-state index in [1.807, 2.05) is 0 Å². The average Bonchev–Trinajstić information content (AvgIpc) is 1.12. The van der Waals surface area contributed by atoms with Crippen LogP contribution in [-0.4, -0.2) is 46.2 Å². The number of rotatable bonds is 0. The van der Waals surface area contributed by atoms with Gasteiger partial charge in [-0.1, -0.05) is 0 Å². The molecule has 0 aromatic carbocycles. The van der Waals surface area contributed by atoms with Crippen LogP contribution >= 0.6 is 0 Å². The molecular weight excluding hydrogens is 255 g/mol. The van der Waals surface area contributed by atoms with Crippen molar-refractivity contribution >= 4 is 29.6 Å². The van der Waals surface area contributed by atoms with E-state index in [9.17, 15) is 0 Å². The summed E-state index contributed by atoms with van der Waals surface area (Å²) in [5, 5.41) is 0. The van der Waals surface area contributed by atoms with Gasteiger partial charge in [0.1, 0.15) is 0 Å². The molecule has 0 saturated carbocycles. The molecule has 4 N–H and O–H groups in total. The van der Waals surface area contributed by atoms with Crippen LogP contribution in [0.3, 0.4) is 0 Å². The standard InChI is InChI=1S/2Cr.Na.4H2O.4O.H/h;;;4*1H2;;;;;/q2*+2;;;;;;;;;;/p-4. The second-order valence-corrected chi connectivity index (χ2v) is 3.69. The van der Waals surface area contributed by atoms with Crippen LogP contribution in [0.4, 0.5) is 0 Å². The average molecular weight is 260 g/mol. The van der Waals surface area contributed by atoms with Gasteiger partial charge < -0.3 is 0 Å². The summed E-state index contributed by atoms with van der Waals surface area (Å²) in [5.41, 5.74) is 0. The Balaban J connectivity index is -0.000000107. The topological polar surface area (TPSA) is 149 Å². The molecule has 0 fully saturated rings. The second kappa shape index (κ2) is 6.60. The molecule has 11 heteroatoms. The SMILES string of the molecule is [NaH].[O]=[Cr](=[O])([OH])[OH].[O]=[Cr](=[O])([OH])[OH]. The zero-order valence-corrected chi connectivity index (χ0v) is 6.79. The van der Waals surface area contributed by atoms with Crippen LogP contribution in [0.1, 0.15) is 0 Å². The van der Waals surface area contributed by atoms with Crippen molar-refractivity contribution in [2.24, 2.45) is 0 Å². The van der Waals surface area contributed by atoms with Gasteiger partial charge in [0.2, 0.25) is 0 Å². The van der Waals surface area contributed by atoms with Crippen LogP contribution in [0, 0.1) is 0 Å². The van der Waals surface area contributed by atoms with Crippen molar-refractivity contribution in [2.45, 2.75) is 0 Å². The van der Waals surface area contributed by atoms with Crippen molar-refractivity contribution in [2.75, 3.05) is 0 Å². The molecule has 0 atom stereocenters. The zero-order chi connectivity index (χ0) is 9.00. The van der Waals surface area contributed by atoms with E-state index in [0.717, 1.165) is 0 Å². The Morgan fingerprint density at radius 3 is 0.636 bits per heavy atom. The summed E-state index contributed by atoms with van der Waals surface area (Å²) in [6, 6.07) is 0. The van der Waals surface area contributed by atoms with Gasteiger partial charge in [0.25, 0.3) is 0 Å². The van der Waals surface area contributed by atoms with Gasteiger partial charge in [-0.25, -0.2) is 0 Å². The molecule has 0 heterocycles. The van der Waals surface area contributed by atoms with Crippen LogP contribution in [-0.2, 0) is 42.4 Å². The van der Waals surface area contributed by atoms with Gasteiger partial charge in [-0.2, -0.15) is 0 Å². The molecule has 0 aromatic heterocycles. The fourth-order valence-corrected chi connectivity index (χ4v) is 0. The van der Waals surface area contributed by atoms with Gasteiger partial charge in [0, 0.05) is 0 Å². The molecule has 0 spiro atoms. The van der Waals surface area contributed by atoms with E-state index in [4.69, 9.17) is 31.8 Å². The molecule has 66 valence electrons. The number of hydrogen-bond donors (Lipinski definition) is 4. The molecule has 0 unspecified atom stereocenters. The van der Waals surface area contributed by atoms with E-state index < -0.39 is 27.2 Å². The molecule has 0 rings (SSSR count). The van der Waals surface area contributed by atoms with Gasteiger partial charge in [-0.15, -0.1) is 0 Å². The van der Waals surface area contributed by atoms with Crippen LogP contribution in [0.2, 0.25) is 0 Å². The monoisotopic (exact) mass is 260 g/mol. The first kappa shape index (κ1) is 18.0. The van der Waals surface area contributed by atoms with E-state index in [1.54, 1.807) is 0 Å². The molecule has 0 bridgehead atoms. The van der Waals surface area contributed by atoms with Gasteiger partial charge >= 0.3 is 88.6 Å². The van der Waals surface area contributed by atoms with E-state index in [2.05, 4.69) is 0 Å². The summed E-state index contributed by atoms with van der Waals surface area (Å²) in [4.78, 5) is 0.